The van der Waals surface area contributed by atoms with Gasteiger partial charge in [-0.25, -0.2) is 4.85 Å². The first-order valence-corrected chi connectivity index (χ1v) is 5.54. The fourth-order valence-corrected chi connectivity index (χ4v) is 1.84. The molecule has 1 fully saturated rings. The summed E-state index contributed by atoms with van der Waals surface area (Å²) < 4.78 is 0. The highest BCUT2D eigenvalue weighted by Crippen LogP contribution is 2.45. The normalized spacial score (nSPS) is 16.1. The van der Waals surface area contributed by atoms with Crippen molar-refractivity contribution in [2.45, 2.75) is 44.9 Å². The minimum absolute atomic E-state index is 0.185. The molecule has 0 amide bonds. The lowest BCUT2D eigenvalue weighted by atomic mass is 9.85. The van der Waals surface area contributed by atoms with E-state index in [0.717, 1.165) is 5.69 Å². The molecule has 1 aliphatic rings. The third-order valence-corrected chi connectivity index (χ3v) is 3.03. The van der Waals surface area contributed by atoms with Gasteiger partial charge < -0.3 is 0 Å². The van der Waals surface area contributed by atoms with Crippen LogP contribution in [0, 0.1) is 6.57 Å². The molecule has 0 radical (unpaired) electrons. The molecule has 0 saturated heterocycles. The van der Waals surface area contributed by atoms with E-state index in [4.69, 9.17) is 6.57 Å². The van der Waals surface area contributed by atoms with Crippen molar-refractivity contribution in [1.82, 2.24) is 0 Å². The van der Waals surface area contributed by atoms with Gasteiger partial charge in [-0.15, -0.1) is 0 Å². The third-order valence-electron chi connectivity index (χ3n) is 3.03. The topological polar surface area (TPSA) is 4.36 Å². The molecule has 78 valence electrons. The highest BCUT2D eigenvalue weighted by molar-refractivity contribution is 5.57. The average Bonchev–Trinajstić information content (AvgIpc) is 2.98. The lowest BCUT2D eigenvalue weighted by Gasteiger charge is -2.20. The van der Waals surface area contributed by atoms with Crippen LogP contribution in [0.2, 0.25) is 0 Å². The molecule has 1 aromatic carbocycles. The van der Waals surface area contributed by atoms with Crippen molar-refractivity contribution in [2.24, 2.45) is 0 Å². The number of benzene rings is 1. The van der Waals surface area contributed by atoms with Crippen molar-refractivity contribution in [3.05, 3.63) is 40.7 Å². The van der Waals surface area contributed by atoms with Crippen molar-refractivity contribution in [3.8, 4) is 0 Å². The molecule has 0 heterocycles. The second kappa shape index (κ2) is 3.38. The van der Waals surface area contributed by atoms with Gasteiger partial charge in [0.25, 0.3) is 0 Å². The monoisotopic (exact) mass is 199 g/mol. The molecule has 1 saturated carbocycles. The Balaban J connectivity index is 2.46. The summed E-state index contributed by atoms with van der Waals surface area (Å²) in [6, 6.07) is 6.32. The van der Waals surface area contributed by atoms with Crippen LogP contribution in [0.1, 0.15) is 50.7 Å². The van der Waals surface area contributed by atoms with Crippen LogP contribution in [-0.2, 0) is 5.41 Å². The summed E-state index contributed by atoms with van der Waals surface area (Å²) in [5, 5.41) is 0. The molecule has 1 aromatic rings. The van der Waals surface area contributed by atoms with Gasteiger partial charge >= 0.3 is 0 Å². The lowest BCUT2D eigenvalue weighted by molar-refractivity contribution is 0.589. The molecule has 0 bridgehead atoms. The van der Waals surface area contributed by atoms with Crippen molar-refractivity contribution in [1.29, 1.82) is 0 Å². The molecule has 0 unspecified atom stereocenters. The number of nitrogens with zero attached hydrogens (tertiary/aromatic N) is 1. The fourth-order valence-electron chi connectivity index (χ4n) is 1.84. The number of rotatable bonds is 1. The van der Waals surface area contributed by atoms with E-state index >= 15 is 0 Å². The first-order valence-electron chi connectivity index (χ1n) is 5.54. The molecular formula is C14H17N. The van der Waals surface area contributed by atoms with E-state index in [1.807, 2.05) is 6.07 Å². The minimum atomic E-state index is 0.185. The highest BCUT2D eigenvalue weighted by atomic mass is 14.7. The largest absolute Gasteiger partial charge is 0.238 e. The Hall–Kier alpha value is -1.29. The zero-order valence-corrected chi connectivity index (χ0v) is 9.67. The van der Waals surface area contributed by atoms with E-state index in [0.29, 0.717) is 5.92 Å². The predicted octanol–water partition coefficient (Wildman–Crippen LogP) is 4.41. The number of hydrogen-bond donors (Lipinski definition) is 0. The van der Waals surface area contributed by atoms with Crippen molar-refractivity contribution in [3.63, 3.8) is 0 Å². The van der Waals surface area contributed by atoms with Crippen LogP contribution in [0.25, 0.3) is 4.85 Å². The summed E-state index contributed by atoms with van der Waals surface area (Å²) in [5.74, 6) is 0.663. The SMILES string of the molecule is [C-]#[N+]c1ccc(C(C)(C)C)cc1C1CC1. The molecule has 0 aromatic heterocycles. The summed E-state index contributed by atoms with van der Waals surface area (Å²) in [6.45, 7) is 13.8. The quantitative estimate of drug-likeness (QED) is 0.590. The average molecular weight is 199 g/mol. The van der Waals surface area contributed by atoms with Gasteiger partial charge in [0.2, 0.25) is 0 Å². The first kappa shape index (κ1) is 10.2. The molecule has 1 nitrogen and oxygen atoms in total. The minimum Gasteiger partial charge on any atom is -0.238 e. The molecule has 15 heavy (non-hydrogen) atoms. The summed E-state index contributed by atoms with van der Waals surface area (Å²) in [5.41, 5.74) is 3.66. The Kier molecular flexibility index (Phi) is 2.31. The predicted molar refractivity (Wildman–Crippen MR) is 63.4 cm³/mol. The molecule has 0 spiro atoms. The summed E-state index contributed by atoms with van der Waals surface area (Å²) in [6.07, 6.45) is 2.52. The molecule has 0 atom stereocenters. The summed E-state index contributed by atoms with van der Waals surface area (Å²) in [7, 11) is 0. The van der Waals surface area contributed by atoms with Crippen LogP contribution in [-0.4, -0.2) is 0 Å². The van der Waals surface area contributed by atoms with Gasteiger partial charge in [0.05, 0.1) is 6.57 Å². The summed E-state index contributed by atoms with van der Waals surface area (Å²) >= 11 is 0. The fraction of sp³-hybridized carbons (Fsp3) is 0.500. The van der Waals surface area contributed by atoms with E-state index < -0.39 is 0 Å². The molecule has 1 aliphatic carbocycles. The Bertz CT molecular complexity index is 414. The van der Waals surface area contributed by atoms with Crippen molar-refractivity contribution < 1.29 is 0 Å². The Morgan fingerprint density at radius 2 is 1.93 bits per heavy atom. The van der Waals surface area contributed by atoms with Gasteiger partial charge in [0, 0.05) is 0 Å². The van der Waals surface area contributed by atoms with Crippen molar-refractivity contribution in [2.75, 3.05) is 0 Å². The van der Waals surface area contributed by atoms with Crippen LogP contribution in [0.3, 0.4) is 0 Å². The second-order valence-corrected chi connectivity index (χ2v) is 5.41. The van der Waals surface area contributed by atoms with Crippen LogP contribution < -0.4 is 0 Å². The van der Waals surface area contributed by atoms with Gasteiger partial charge in [-0.1, -0.05) is 39.0 Å². The smallest absolute Gasteiger partial charge is 0.190 e. The standard InChI is InChI=1S/C14H17N/c1-14(2,3)11-7-8-13(15-4)12(9-11)10-5-6-10/h7-10H,5-6H2,1-3H3. The van der Waals surface area contributed by atoms with E-state index in [1.165, 1.54) is 24.0 Å². The zero-order chi connectivity index (χ0) is 11.1. The number of hydrogen-bond acceptors (Lipinski definition) is 0. The van der Waals surface area contributed by atoms with Gasteiger partial charge in [0.1, 0.15) is 0 Å². The lowest BCUT2D eigenvalue weighted by Crippen LogP contribution is -2.11. The van der Waals surface area contributed by atoms with Crippen LogP contribution in [0.15, 0.2) is 18.2 Å². The van der Waals surface area contributed by atoms with Gasteiger partial charge in [-0.05, 0) is 35.3 Å². The highest BCUT2D eigenvalue weighted by Gasteiger charge is 2.27. The molecule has 1 heteroatoms. The van der Waals surface area contributed by atoms with Crippen LogP contribution in [0.5, 0.6) is 0 Å². The molecule has 0 N–H and O–H groups in total. The molecule has 0 aliphatic heterocycles. The van der Waals surface area contributed by atoms with Gasteiger partial charge in [-0.2, -0.15) is 0 Å². The first-order chi connectivity index (χ1) is 7.02. The molecular weight excluding hydrogens is 182 g/mol. The van der Waals surface area contributed by atoms with Gasteiger partial charge in [0.15, 0.2) is 5.69 Å². The third kappa shape index (κ3) is 2.04. The maximum Gasteiger partial charge on any atom is 0.190 e. The van der Waals surface area contributed by atoms with E-state index in [2.05, 4.69) is 37.7 Å². The Morgan fingerprint density at radius 1 is 1.27 bits per heavy atom. The maximum atomic E-state index is 7.16. The second-order valence-electron chi connectivity index (χ2n) is 5.41. The van der Waals surface area contributed by atoms with E-state index in [1.54, 1.807) is 0 Å². The van der Waals surface area contributed by atoms with E-state index in [9.17, 15) is 0 Å². The van der Waals surface area contributed by atoms with Crippen molar-refractivity contribution >= 4 is 5.69 Å². The zero-order valence-electron chi connectivity index (χ0n) is 9.67. The molecule has 2 rings (SSSR count). The maximum absolute atomic E-state index is 7.16. The Labute approximate surface area is 91.9 Å². The van der Waals surface area contributed by atoms with E-state index in [-0.39, 0.29) is 5.41 Å². The Morgan fingerprint density at radius 3 is 2.40 bits per heavy atom. The van der Waals surface area contributed by atoms with Gasteiger partial charge in [-0.3, -0.25) is 0 Å². The van der Waals surface area contributed by atoms with Crippen LogP contribution >= 0.6 is 0 Å². The van der Waals surface area contributed by atoms with Crippen LogP contribution in [0.4, 0.5) is 5.69 Å². The summed E-state index contributed by atoms with van der Waals surface area (Å²) in [4.78, 5) is 3.60.